The number of benzene rings is 2. The van der Waals surface area contributed by atoms with E-state index in [1.54, 1.807) is 25.3 Å². The van der Waals surface area contributed by atoms with Gasteiger partial charge < -0.3 is 15.4 Å². The summed E-state index contributed by atoms with van der Waals surface area (Å²) >= 11 is 6.09. The Balaban J connectivity index is 1.62. The Bertz CT molecular complexity index is 829. The van der Waals surface area contributed by atoms with Crippen molar-refractivity contribution in [2.75, 3.05) is 12.4 Å². The highest BCUT2D eigenvalue weighted by atomic mass is 35.5. The van der Waals surface area contributed by atoms with Crippen molar-refractivity contribution < 1.29 is 14.3 Å². The molecule has 0 heterocycles. The lowest BCUT2D eigenvalue weighted by atomic mass is 10.0. The molecule has 0 radical (unpaired) electrons. The molecule has 0 unspecified atom stereocenters. The summed E-state index contributed by atoms with van der Waals surface area (Å²) in [6.07, 6.45) is 1.10. The first-order valence-electron chi connectivity index (χ1n) is 8.44. The van der Waals surface area contributed by atoms with Gasteiger partial charge >= 0.3 is 0 Å². The van der Waals surface area contributed by atoms with Crippen molar-refractivity contribution in [3.63, 3.8) is 0 Å². The first kappa shape index (κ1) is 18.3. The van der Waals surface area contributed by atoms with E-state index in [9.17, 15) is 9.59 Å². The lowest BCUT2D eigenvalue weighted by Crippen LogP contribution is -2.39. The molecule has 0 aliphatic heterocycles. The van der Waals surface area contributed by atoms with E-state index in [2.05, 4.69) is 10.6 Å². The lowest BCUT2D eigenvalue weighted by Gasteiger charge is -2.17. The normalized spacial score (nSPS) is 14.4. The monoisotopic (exact) mass is 372 g/mol. The summed E-state index contributed by atoms with van der Waals surface area (Å²) in [4.78, 5) is 25.2. The van der Waals surface area contributed by atoms with Crippen LogP contribution in [0.1, 0.15) is 24.0 Å². The fourth-order valence-electron chi connectivity index (χ4n) is 2.76. The van der Waals surface area contributed by atoms with Gasteiger partial charge in [-0.3, -0.25) is 9.59 Å². The number of nitrogens with one attached hydrogen (secondary N) is 2. The molecule has 2 amide bonds. The van der Waals surface area contributed by atoms with E-state index in [1.807, 2.05) is 31.2 Å². The second-order valence-corrected chi connectivity index (χ2v) is 6.89. The largest absolute Gasteiger partial charge is 0.497 e. The third kappa shape index (κ3) is 3.68. The second kappa shape index (κ2) is 7.38. The number of hydrogen-bond acceptors (Lipinski definition) is 3. The number of anilines is 1. The van der Waals surface area contributed by atoms with Crippen molar-refractivity contribution in [1.82, 2.24) is 5.32 Å². The molecule has 0 aromatic heterocycles. The Morgan fingerprint density at radius 2 is 1.81 bits per heavy atom. The van der Waals surface area contributed by atoms with E-state index in [0.717, 1.165) is 16.9 Å². The zero-order chi connectivity index (χ0) is 18.7. The highest BCUT2D eigenvalue weighted by Gasteiger charge is 2.56. The Morgan fingerprint density at radius 1 is 1.12 bits per heavy atom. The summed E-state index contributed by atoms with van der Waals surface area (Å²) < 4.78 is 5.12. The third-order valence-corrected chi connectivity index (χ3v) is 5.16. The molecule has 2 N–H and O–H groups in total. The van der Waals surface area contributed by atoms with Crippen LogP contribution in [0.15, 0.2) is 42.5 Å². The molecular formula is C20H21ClN2O3. The molecule has 5 nitrogen and oxygen atoms in total. The number of ether oxygens (including phenoxy) is 1. The number of hydrogen-bond donors (Lipinski definition) is 2. The zero-order valence-corrected chi connectivity index (χ0v) is 15.5. The van der Waals surface area contributed by atoms with Gasteiger partial charge in [-0.25, -0.2) is 0 Å². The summed E-state index contributed by atoms with van der Waals surface area (Å²) in [6, 6.07) is 12.8. The number of methoxy groups -OCH3 is 1. The van der Waals surface area contributed by atoms with Crippen LogP contribution in [0.5, 0.6) is 5.75 Å². The van der Waals surface area contributed by atoms with Crippen LogP contribution in [-0.2, 0) is 16.1 Å². The standard InChI is InChI=1S/C20H21ClN2O3/c1-13-16(21)4-3-5-17(13)23-19(25)20(10-11-20)18(24)22-12-14-6-8-15(26-2)9-7-14/h3-9H,10-12H2,1-2H3,(H,22,24)(H,23,25). The number of carbonyl (C=O) groups excluding carboxylic acids is 2. The lowest BCUT2D eigenvalue weighted by molar-refractivity contribution is -0.134. The van der Waals surface area contributed by atoms with Crippen LogP contribution in [-0.4, -0.2) is 18.9 Å². The Labute approximate surface area is 157 Å². The molecule has 2 aromatic carbocycles. The molecule has 1 saturated carbocycles. The summed E-state index contributed by atoms with van der Waals surface area (Å²) in [5.74, 6) is 0.232. The summed E-state index contributed by atoms with van der Waals surface area (Å²) in [5, 5.41) is 6.29. The molecule has 2 aromatic rings. The summed E-state index contributed by atoms with van der Waals surface area (Å²) in [6.45, 7) is 2.20. The number of halogens is 1. The topological polar surface area (TPSA) is 67.4 Å². The van der Waals surface area contributed by atoms with Gasteiger partial charge in [0.1, 0.15) is 11.2 Å². The van der Waals surface area contributed by atoms with Crippen molar-refractivity contribution >= 4 is 29.1 Å². The fourth-order valence-corrected chi connectivity index (χ4v) is 2.94. The molecule has 0 spiro atoms. The minimum absolute atomic E-state index is 0.245. The average molecular weight is 373 g/mol. The summed E-state index contributed by atoms with van der Waals surface area (Å²) in [5.41, 5.74) is 1.39. The zero-order valence-electron chi connectivity index (χ0n) is 14.8. The predicted octanol–water partition coefficient (Wildman–Crippen LogP) is 3.69. The van der Waals surface area contributed by atoms with Crippen molar-refractivity contribution in [3.8, 4) is 5.75 Å². The van der Waals surface area contributed by atoms with Gasteiger partial charge in [-0.15, -0.1) is 0 Å². The maximum absolute atomic E-state index is 12.7. The van der Waals surface area contributed by atoms with Gasteiger partial charge in [0.05, 0.1) is 7.11 Å². The van der Waals surface area contributed by atoms with E-state index >= 15 is 0 Å². The van der Waals surface area contributed by atoms with Gasteiger partial charge in [-0.05, 0) is 55.2 Å². The summed E-state index contributed by atoms with van der Waals surface area (Å²) in [7, 11) is 1.61. The van der Waals surface area contributed by atoms with E-state index in [0.29, 0.717) is 30.1 Å². The first-order valence-corrected chi connectivity index (χ1v) is 8.82. The smallest absolute Gasteiger partial charge is 0.240 e. The van der Waals surface area contributed by atoms with Gasteiger partial charge in [0.2, 0.25) is 11.8 Å². The van der Waals surface area contributed by atoms with E-state index in [-0.39, 0.29) is 11.8 Å². The van der Waals surface area contributed by atoms with Crippen LogP contribution >= 0.6 is 11.6 Å². The van der Waals surface area contributed by atoms with Crippen LogP contribution in [0.4, 0.5) is 5.69 Å². The van der Waals surface area contributed by atoms with Crippen molar-refractivity contribution in [2.45, 2.75) is 26.3 Å². The minimum Gasteiger partial charge on any atom is -0.497 e. The Kier molecular flexibility index (Phi) is 5.18. The van der Waals surface area contributed by atoms with Gasteiger partial charge in [0.15, 0.2) is 0 Å². The first-order chi connectivity index (χ1) is 12.5. The van der Waals surface area contributed by atoms with Crippen molar-refractivity contribution in [1.29, 1.82) is 0 Å². The van der Waals surface area contributed by atoms with Gasteiger partial charge in [0.25, 0.3) is 0 Å². The van der Waals surface area contributed by atoms with Crippen LogP contribution in [0.25, 0.3) is 0 Å². The van der Waals surface area contributed by atoms with E-state index < -0.39 is 5.41 Å². The van der Waals surface area contributed by atoms with Crippen LogP contribution in [0.3, 0.4) is 0 Å². The van der Waals surface area contributed by atoms with Crippen LogP contribution in [0, 0.1) is 12.3 Å². The molecule has 6 heteroatoms. The molecule has 3 rings (SSSR count). The highest BCUT2D eigenvalue weighted by molar-refractivity contribution is 6.31. The number of carbonyl (C=O) groups is 2. The van der Waals surface area contributed by atoms with E-state index in [1.165, 1.54) is 0 Å². The Morgan fingerprint density at radius 3 is 2.42 bits per heavy atom. The SMILES string of the molecule is COc1ccc(CNC(=O)C2(C(=O)Nc3cccc(Cl)c3C)CC2)cc1. The highest BCUT2D eigenvalue weighted by Crippen LogP contribution is 2.47. The average Bonchev–Trinajstić information content (AvgIpc) is 3.46. The van der Waals surface area contributed by atoms with Gasteiger partial charge in [-0.1, -0.05) is 29.8 Å². The Hall–Kier alpha value is -2.53. The molecule has 1 fully saturated rings. The van der Waals surface area contributed by atoms with Gasteiger partial charge in [-0.2, -0.15) is 0 Å². The quantitative estimate of drug-likeness (QED) is 0.760. The maximum atomic E-state index is 12.7. The van der Waals surface area contributed by atoms with Crippen molar-refractivity contribution in [3.05, 3.63) is 58.6 Å². The number of rotatable bonds is 6. The molecule has 0 bridgehead atoms. The maximum Gasteiger partial charge on any atom is 0.240 e. The van der Waals surface area contributed by atoms with Gasteiger partial charge in [0, 0.05) is 17.3 Å². The fraction of sp³-hybridized carbons (Fsp3) is 0.300. The minimum atomic E-state index is -0.985. The van der Waals surface area contributed by atoms with E-state index in [4.69, 9.17) is 16.3 Å². The van der Waals surface area contributed by atoms with Crippen LogP contribution < -0.4 is 15.4 Å². The molecule has 26 heavy (non-hydrogen) atoms. The predicted molar refractivity (Wildman–Crippen MR) is 101 cm³/mol. The molecule has 1 aliphatic carbocycles. The molecule has 0 atom stereocenters. The third-order valence-electron chi connectivity index (χ3n) is 4.75. The molecule has 136 valence electrons. The molecule has 1 aliphatic rings. The molecular weight excluding hydrogens is 352 g/mol. The number of amides is 2. The van der Waals surface area contributed by atoms with Crippen molar-refractivity contribution in [2.24, 2.45) is 5.41 Å². The van der Waals surface area contributed by atoms with Crippen LogP contribution in [0.2, 0.25) is 5.02 Å². The second-order valence-electron chi connectivity index (χ2n) is 6.48. The molecule has 0 saturated heterocycles.